The van der Waals surface area contributed by atoms with E-state index < -0.39 is 15.6 Å². The van der Waals surface area contributed by atoms with Gasteiger partial charge in [0.2, 0.25) is 9.84 Å². The zero-order valence-corrected chi connectivity index (χ0v) is 11.1. The monoisotopic (exact) mass is 290 g/mol. The maximum atomic E-state index is 12.7. The van der Waals surface area contributed by atoms with Gasteiger partial charge in [0.05, 0.1) is 10.6 Å². The van der Waals surface area contributed by atoms with Crippen molar-refractivity contribution in [2.45, 2.75) is 29.5 Å². The van der Waals surface area contributed by atoms with Crippen molar-refractivity contribution in [1.29, 1.82) is 0 Å². The lowest BCUT2D eigenvalue weighted by Gasteiger charge is -2.33. The van der Waals surface area contributed by atoms with E-state index in [4.69, 9.17) is 5.73 Å². The number of hydrogen-bond acceptors (Lipinski definition) is 4. The Hall–Kier alpha value is -1.21. The van der Waals surface area contributed by atoms with Gasteiger partial charge in [0.25, 0.3) is 0 Å². The summed E-state index contributed by atoms with van der Waals surface area (Å²) in [5.41, 5.74) is 6.16. The Labute approximate surface area is 111 Å². The molecule has 0 radical (unpaired) electrons. The highest BCUT2D eigenvalue weighted by molar-refractivity contribution is 7.91. The van der Waals surface area contributed by atoms with Gasteiger partial charge in [-0.25, -0.2) is 8.42 Å². The summed E-state index contributed by atoms with van der Waals surface area (Å²) >= 11 is 0. The van der Waals surface area contributed by atoms with Gasteiger partial charge in [-0.1, -0.05) is 12.1 Å². The Morgan fingerprint density at radius 2 is 2.00 bits per heavy atom. The van der Waals surface area contributed by atoms with E-state index in [9.17, 15) is 17.2 Å². The molecule has 2 rings (SSSR count). The van der Waals surface area contributed by atoms with Crippen molar-refractivity contribution in [3.05, 3.63) is 24.3 Å². The molecule has 1 aromatic carbocycles. The maximum Gasteiger partial charge on any atom is 0.341 e. The minimum Gasteiger partial charge on any atom is -0.369 e. The Morgan fingerprint density at radius 3 is 2.63 bits per heavy atom. The summed E-state index contributed by atoms with van der Waals surface area (Å²) in [6, 6.07) is 5.79. The molecular formula is C12H16F2N2O2S. The molecule has 4 nitrogen and oxygen atoms in total. The maximum absolute atomic E-state index is 12.7. The molecule has 1 fully saturated rings. The van der Waals surface area contributed by atoms with Gasteiger partial charge in [-0.05, 0) is 25.0 Å². The van der Waals surface area contributed by atoms with Crippen LogP contribution in [0, 0.1) is 0 Å². The van der Waals surface area contributed by atoms with Crippen molar-refractivity contribution in [1.82, 2.24) is 0 Å². The van der Waals surface area contributed by atoms with Crippen molar-refractivity contribution < 1.29 is 17.2 Å². The van der Waals surface area contributed by atoms with E-state index >= 15 is 0 Å². The fourth-order valence-electron chi connectivity index (χ4n) is 2.28. The molecular weight excluding hydrogens is 274 g/mol. The number of rotatable bonds is 3. The minimum atomic E-state index is -4.59. The van der Waals surface area contributed by atoms with E-state index in [0.29, 0.717) is 18.8 Å². The summed E-state index contributed by atoms with van der Waals surface area (Å²) in [7, 11) is -4.59. The Morgan fingerprint density at radius 1 is 1.32 bits per heavy atom. The fraction of sp³-hybridized carbons (Fsp3) is 0.500. The molecule has 0 saturated carbocycles. The van der Waals surface area contributed by atoms with Crippen LogP contribution >= 0.6 is 0 Å². The van der Waals surface area contributed by atoms with Crippen LogP contribution in [0.2, 0.25) is 0 Å². The highest BCUT2D eigenvalue weighted by Gasteiger charge is 2.31. The number of alkyl halides is 2. The number of nitrogens with two attached hydrogens (primary N) is 1. The largest absolute Gasteiger partial charge is 0.369 e. The number of sulfone groups is 1. The van der Waals surface area contributed by atoms with Crippen LogP contribution in [-0.4, -0.2) is 33.3 Å². The summed E-state index contributed by atoms with van der Waals surface area (Å²) in [6.45, 7) is 1.11. The summed E-state index contributed by atoms with van der Waals surface area (Å²) < 4.78 is 48.7. The molecule has 0 aromatic heterocycles. The van der Waals surface area contributed by atoms with Crippen LogP contribution in [0.5, 0.6) is 0 Å². The van der Waals surface area contributed by atoms with Crippen molar-refractivity contribution in [2.24, 2.45) is 5.73 Å². The van der Waals surface area contributed by atoms with E-state index in [1.807, 2.05) is 0 Å². The second kappa shape index (κ2) is 5.42. The first-order valence-electron chi connectivity index (χ1n) is 6.04. The van der Waals surface area contributed by atoms with Crippen LogP contribution in [0.15, 0.2) is 29.2 Å². The first-order chi connectivity index (χ1) is 8.93. The van der Waals surface area contributed by atoms with Gasteiger partial charge in [-0.15, -0.1) is 0 Å². The van der Waals surface area contributed by atoms with Gasteiger partial charge in [0.1, 0.15) is 0 Å². The molecule has 1 aliphatic rings. The molecule has 2 N–H and O–H groups in total. The first-order valence-corrected chi connectivity index (χ1v) is 7.59. The summed E-state index contributed by atoms with van der Waals surface area (Å²) in [6.07, 6.45) is 1.69. The van der Waals surface area contributed by atoms with E-state index in [1.165, 1.54) is 12.1 Å². The van der Waals surface area contributed by atoms with E-state index in [2.05, 4.69) is 0 Å². The first kappa shape index (κ1) is 14.2. The lowest BCUT2D eigenvalue weighted by molar-refractivity contribution is 0.234. The number of nitrogens with zero attached hydrogens (tertiary/aromatic N) is 1. The van der Waals surface area contributed by atoms with Crippen molar-refractivity contribution in [2.75, 3.05) is 18.0 Å². The van der Waals surface area contributed by atoms with Crippen molar-refractivity contribution in [3.63, 3.8) is 0 Å². The standard InChI is InChI=1S/C12H16F2N2O2S/c13-12(14)19(17,18)11-6-2-1-5-10(11)16-7-3-4-9(15)8-16/h1-2,5-6,9,12H,3-4,7-8,15H2. The van der Waals surface area contributed by atoms with Crippen LogP contribution in [0.25, 0.3) is 0 Å². The van der Waals surface area contributed by atoms with Gasteiger partial charge < -0.3 is 10.6 Å². The normalized spacial score (nSPS) is 20.8. The van der Waals surface area contributed by atoms with Gasteiger partial charge >= 0.3 is 5.76 Å². The molecule has 1 saturated heterocycles. The Bertz CT molecular complexity index is 548. The second-order valence-electron chi connectivity index (χ2n) is 4.62. The number of benzene rings is 1. The van der Waals surface area contributed by atoms with Crippen LogP contribution in [0.4, 0.5) is 14.5 Å². The second-order valence-corrected chi connectivity index (χ2v) is 6.51. The van der Waals surface area contributed by atoms with Crippen molar-refractivity contribution >= 4 is 15.5 Å². The number of hydrogen-bond donors (Lipinski definition) is 1. The van der Waals surface area contributed by atoms with Crippen LogP contribution in [0.3, 0.4) is 0 Å². The number of para-hydroxylation sites is 1. The smallest absolute Gasteiger partial charge is 0.341 e. The molecule has 1 aromatic rings. The quantitative estimate of drug-likeness (QED) is 0.918. The Kier molecular flexibility index (Phi) is 4.05. The molecule has 0 spiro atoms. The molecule has 1 aliphatic heterocycles. The molecule has 106 valence electrons. The molecule has 0 amide bonds. The minimum absolute atomic E-state index is 0.0592. The molecule has 0 bridgehead atoms. The van der Waals surface area contributed by atoms with E-state index in [-0.39, 0.29) is 10.9 Å². The van der Waals surface area contributed by atoms with Gasteiger partial charge in [-0.2, -0.15) is 8.78 Å². The highest BCUT2D eigenvalue weighted by atomic mass is 32.2. The number of halogens is 2. The molecule has 0 aliphatic carbocycles. The highest BCUT2D eigenvalue weighted by Crippen LogP contribution is 2.30. The number of piperidine rings is 1. The predicted molar refractivity (Wildman–Crippen MR) is 69.1 cm³/mol. The molecule has 1 unspecified atom stereocenters. The zero-order valence-electron chi connectivity index (χ0n) is 10.3. The average molecular weight is 290 g/mol. The predicted octanol–water partition coefficient (Wildman–Crippen LogP) is 1.61. The zero-order chi connectivity index (χ0) is 14.0. The molecule has 7 heteroatoms. The summed E-state index contributed by atoms with van der Waals surface area (Å²) in [5, 5.41) is 0. The molecule has 1 atom stereocenters. The Balaban J connectivity index is 2.42. The SMILES string of the molecule is NC1CCCN(c2ccccc2S(=O)(=O)C(F)F)C1. The summed E-state index contributed by atoms with van der Waals surface area (Å²) in [4.78, 5) is 1.45. The topological polar surface area (TPSA) is 63.4 Å². The van der Waals surface area contributed by atoms with Crippen molar-refractivity contribution in [3.8, 4) is 0 Å². The third-order valence-electron chi connectivity index (χ3n) is 3.20. The third-order valence-corrected chi connectivity index (χ3v) is 4.63. The van der Waals surface area contributed by atoms with Crippen LogP contribution < -0.4 is 10.6 Å². The molecule has 1 heterocycles. The number of anilines is 1. The van der Waals surface area contributed by atoms with Gasteiger partial charge in [0, 0.05) is 19.1 Å². The fourth-order valence-corrected chi connectivity index (χ4v) is 3.23. The summed E-state index contributed by atoms with van der Waals surface area (Å²) in [5.74, 6) is -3.41. The lowest BCUT2D eigenvalue weighted by Crippen LogP contribution is -2.43. The van der Waals surface area contributed by atoms with Gasteiger partial charge in [0.15, 0.2) is 0 Å². The average Bonchev–Trinajstić information content (AvgIpc) is 2.38. The van der Waals surface area contributed by atoms with Crippen LogP contribution in [-0.2, 0) is 9.84 Å². The van der Waals surface area contributed by atoms with Gasteiger partial charge in [-0.3, -0.25) is 0 Å². The van der Waals surface area contributed by atoms with E-state index in [0.717, 1.165) is 12.8 Å². The molecule has 19 heavy (non-hydrogen) atoms. The van der Waals surface area contributed by atoms with E-state index in [1.54, 1.807) is 17.0 Å². The van der Waals surface area contributed by atoms with Crippen LogP contribution in [0.1, 0.15) is 12.8 Å². The third kappa shape index (κ3) is 2.87. The lowest BCUT2D eigenvalue weighted by atomic mass is 10.1.